The quantitative estimate of drug-likeness (QED) is 0.775. The lowest BCUT2D eigenvalue weighted by Crippen LogP contribution is -2.37. The number of likely N-dealkylation sites (N-methyl/N-ethyl adjacent to an activating group) is 1. The molecule has 2 heteroatoms. The van der Waals surface area contributed by atoms with Crippen LogP contribution in [0.4, 0.5) is 0 Å². The zero-order valence-corrected chi connectivity index (χ0v) is 10.3. The molecule has 1 aliphatic heterocycles. The molecule has 0 amide bonds. The van der Waals surface area contributed by atoms with Crippen LogP contribution in [0.1, 0.15) is 24.8 Å². The van der Waals surface area contributed by atoms with Crippen molar-refractivity contribution in [2.45, 2.75) is 31.7 Å². The fourth-order valence-corrected chi connectivity index (χ4v) is 2.47. The fourth-order valence-electron chi connectivity index (χ4n) is 2.47. The largest absolute Gasteiger partial charge is 0.497 e. The minimum absolute atomic E-state index is 0.709. The third-order valence-corrected chi connectivity index (χ3v) is 3.53. The Labute approximate surface area is 98.2 Å². The summed E-state index contributed by atoms with van der Waals surface area (Å²) in [6, 6.07) is 9.15. The molecule has 1 saturated heterocycles. The van der Waals surface area contributed by atoms with E-state index in [9.17, 15) is 0 Å². The van der Waals surface area contributed by atoms with Crippen molar-refractivity contribution >= 4 is 0 Å². The van der Waals surface area contributed by atoms with E-state index in [4.69, 9.17) is 4.74 Å². The molecule has 0 N–H and O–H groups in total. The first-order chi connectivity index (χ1) is 7.79. The summed E-state index contributed by atoms with van der Waals surface area (Å²) < 4.78 is 5.26. The Hall–Kier alpha value is -1.02. The normalized spacial score (nSPS) is 22.0. The molecular formula is C14H21NO. The number of likely N-dealkylation sites (tertiary alicyclic amines) is 1. The Morgan fingerprint density at radius 1 is 1.38 bits per heavy atom. The first-order valence-corrected chi connectivity index (χ1v) is 6.13. The van der Waals surface area contributed by atoms with Gasteiger partial charge in [0, 0.05) is 6.04 Å². The average Bonchev–Trinajstić information content (AvgIpc) is 2.32. The summed E-state index contributed by atoms with van der Waals surface area (Å²) in [4.78, 5) is 2.49. The van der Waals surface area contributed by atoms with Crippen LogP contribution >= 0.6 is 0 Å². The molecular weight excluding hydrogens is 198 g/mol. The fraction of sp³-hybridized carbons (Fsp3) is 0.571. The standard InChI is InChI=1S/C14H21NO/c1-15-9-4-3-7-13(15)10-12-6-5-8-14(11-12)16-2/h5-6,8,11,13H,3-4,7,9-10H2,1-2H3. The van der Waals surface area contributed by atoms with Crippen molar-refractivity contribution in [3.05, 3.63) is 29.8 Å². The maximum absolute atomic E-state index is 5.26. The molecule has 1 aliphatic rings. The number of ether oxygens (including phenoxy) is 1. The molecule has 2 rings (SSSR count). The zero-order chi connectivity index (χ0) is 11.4. The van der Waals surface area contributed by atoms with E-state index in [1.165, 1.54) is 31.4 Å². The smallest absolute Gasteiger partial charge is 0.119 e. The molecule has 0 saturated carbocycles. The molecule has 1 aromatic rings. The molecule has 1 unspecified atom stereocenters. The highest BCUT2D eigenvalue weighted by atomic mass is 16.5. The van der Waals surface area contributed by atoms with Gasteiger partial charge in [-0.15, -0.1) is 0 Å². The lowest BCUT2D eigenvalue weighted by atomic mass is 9.96. The molecule has 16 heavy (non-hydrogen) atoms. The van der Waals surface area contributed by atoms with Crippen LogP contribution in [-0.4, -0.2) is 31.6 Å². The van der Waals surface area contributed by atoms with Gasteiger partial charge in [-0.25, -0.2) is 0 Å². The number of hydrogen-bond donors (Lipinski definition) is 0. The van der Waals surface area contributed by atoms with Crippen molar-refractivity contribution in [2.24, 2.45) is 0 Å². The summed E-state index contributed by atoms with van der Waals surface area (Å²) in [7, 11) is 3.97. The second kappa shape index (κ2) is 5.35. The molecule has 1 fully saturated rings. The van der Waals surface area contributed by atoms with E-state index in [1.54, 1.807) is 7.11 Å². The lowest BCUT2D eigenvalue weighted by molar-refractivity contribution is 0.184. The van der Waals surface area contributed by atoms with Gasteiger partial charge in [-0.3, -0.25) is 0 Å². The minimum atomic E-state index is 0.709. The second-order valence-electron chi connectivity index (χ2n) is 4.69. The highest BCUT2D eigenvalue weighted by Crippen LogP contribution is 2.21. The van der Waals surface area contributed by atoms with Crippen LogP contribution in [0, 0.1) is 0 Å². The summed E-state index contributed by atoms with van der Waals surface area (Å²) in [5.41, 5.74) is 1.39. The summed E-state index contributed by atoms with van der Waals surface area (Å²) in [5, 5.41) is 0. The molecule has 2 nitrogen and oxygen atoms in total. The summed E-state index contributed by atoms with van der Waals surface area (Å²) in [6.45, 7) is 1.24. The highest BCUT2D eigenvalue weighted by Gasteiger charge is 2.18. The monoisotopic (exact) mass is 219 g/mol. The molecule has 0 bridgehead atoms. The number of benzene rings is 1. The number of rotatable bonds is 3. The third-order valence-electron chi connectivity index (χ3n) is 3.53. The van der Waals surface area contributed by atoms with Gasteiger partial charge < -0.3 is 9.64 Å². The molecule has 0 aromatic heterocycles. The summed E-state index contributed by atoms with van der Waals surface area (Å²) in [5.74, 6) is 0.968. The number of hydrogen-bond acceptors (Lipinski definition) is 2. The van der Waals surface area contributed by atoms with Crippen LogP contribution in [0.3, 0.4) is 0 Å². The van der Waals surface area contributed by atoms with E-state index in [2.05, 4.69) is 30.1 Å². The van der Waals surface area contributed by atoms with Gasteiger partial charge in [0.05, 0.1) is 7.11 Å². The van der Waals surface area contributed by atoms with Crippen molar-refractivity contribution in [3.63, 3.8) is 0 Å². The van der Waals surface area contributed by atoms with Gasteiger partial charge in [0.25, 0.3) is 0 Å². The average molecular weight is 219 g/mol. The van der Waals surface area contributed by atoms with Gasteiger partial charge in [-0.05, 0) is 50.6 Å². The van der Waals surface area contributed by atoms with Crippen molar-refractivity contribution in [1.29, 1.82) is 0 Å². The second-order valence-corrected chi connectivity index (χ2v) is 4.69. The minimum Gasteiger partial charge on any atom is -0.497 e. The first kappa shape index (κ1) is 11.5. The summed E-state index contributed by atoms with van der Waals surface area (Å²) in [6.07, 6.45) is 5.20. The van der Waals surface area contributed by atoms with Gasteiger partial charge in [-0.2, -0.15) is 0 Å². The van der Waals surface area contributed by atoms with Crippen molar-refractivity contribution in [3.8, 4) is 5.75 Å². The van der Waals surface area contributed by atoms with Crippen LogP contribution in [0.25, 0.3) is 0 Å². The van der Waals surface area contributed by atoms with Gasteiger partial charge in [0.2, 0.25) is 0 Å². The van der Waals surface area contributed by atoms with E-state index < -0.39 is 0 Å². The predicted molar refractivity (Wildman–Crippen MR) is 67.0 cm³/mol. The molecule has 0 radical (unpaired) electrons. The van der Waals surface area contributed by atoms with Crippen molar-refractivity contribution < 1.29 is 4.74 Å². The molecule has 1 heterocycles. The maximum atomic E-state index is 5.26. The first-order valence-electron chi connectivity index (χ1n) is 6.13. The Balaban J connectivity index is 2.01. The summed E-state index contributed by atoms with van der Waals surface area (Å²) >= 11 is 0. The highest BCUT2D eigenvalue weighted by molar-refractivity contribution is 5.29. The zero-order valence-electron chi connectivity index (χ0n) is 10.3. The Bertz CT molecular complexity index is 337. The van der Waals surface area contributed by atoms with Crippen molar-refractivity contribution in [2.75, 3.05) is 20.7 Å². The molecule has 1 aromatic carbocycles. The van der Waals surface area contributed by atoms with Gasteiger partial charge >= 0.3 is 0 Å². The number of nitrogens with zero attached hydrogens (tertiary/aromatic N) is 1. The van der Waals surface area contributed by atoms with Gasteiger partial charge in [0.1, 0.15) is 5.75 Å². The lowest BCUT2D eigenvalue weighted by Gasteiger charge is -2.32. The topological polar surface area (TPSA) is 12.5 Å². The van der Waals surface area contributed by atoms with Crippen LogP contribution < -0.4 is 4.74 Å². The van der Waals surface area contributed by atoms with Crippen LogP contribution in [0.2, 0.25) is 0 Å². The molecule has 88 valence electrons. The van der Waals surface area contributed by atoms with E-state index >= 15 is 0 Å². The Kier molecular flexibility index (Phi) is 3.83. The predicted octanol–water partition coefficient (Wildman–Crippen LogP) is 2.72. The maximum Gasteiger partial charge on any atom is 0.119 e. The third kappa shape index (κ3) is 2.76. The van der Waals surface area contributed by atoms with Gasteiger partial charge in [-0.1, -0.05) is 18.6 Å². The van der Waals surface area contributed by atoms with Crippen LogP contribution in [0.15, 0.2) is 24.3 Å². The van der Waals surface area contributed by atoms with E-state index in [0.29, 0.717) is 6.04 Å². The number of piperidine rings is 1. The molecule has 1 atom stereocenters. The SMILES string of the molecule is COc1cccc(CC2CCCCN2C)c1. The van der Waals surface area contributed by atoms with Crippen molar-refractivity contribution in [1.82, 2.24) is 4.90 Å². The Morgan fingerprint density at radius 3 is 3.00 bits per heavy atom. The molecule has 0 spiro atoms. The number of methoxy groups -OCH3 is 1. The Morgan fingerprint density at radius 2 is 2.25 bits per heavy atom. The molecule has 0 aliphatic carbocycles. The van der Waals surface area contributed by atoms with Gasteiger partial charge in [0.15, 0.2) is 0 Å². The van der Waals surface area contributed by atoms with E-state index in [1.807, 2.05) is 6.07 Å². The van der Waals surface area contributed by atoms with Crippen LogP contribution in [-0.2, 0) is 6.42 Å². The van der Waals surface area contributed by atoms with E-state index in [0.717, 1.165) is 12.2 Å². The van der Waals surface area contributed by atoms with E-state index in [-0.39, 0.29) is 0 Å². The van der Waals surface area contributed by atoms with Crippen LogP contribution in [0.5, 0.6) is 5.75 Å².